The molecule has 0 aliphatic carbocycles. The van der Waals surface area contributed by atoms with E-state index in [9.17, 15) is 4.79 Å². The lowest BCUT2D eigenvalue weighted by Crippen LogP contribution is -2.14. The van der Waals surface area contributed by atoms with Crippen molar-refractivity contribution in [1.82, 2.24) is 24.6 Å². The highest BCUT2D eigenvalue weighted by Crippen LogP contribution is 2.26. The minimum Gasteiger partial charge on any atom is -0.495 e. The molecule has 10 heteroatoms. The summed E-state index contributed by atoms with van der Waals surface area (Å²) in [5.74, 6) is 1.97. The summed E-state index contributed by atoms with van der Waals surface area (Å²) in [6, 6.07) is 6.59. The summed E-state index contributed by atoms with van der Waals surface area (Å²) in [5.41, 5.74) is 0.653. The number of amides is 1. The van der Waals surface area contributed by atoms with Crippen LogP contribution in [0.15, 0.2) is 55.4 Å². The lowest BCUT2D eigenvalue weighted by molar-refractivity contribution is 0.102. The molecule has 0 spiro atoms. The Morgan fingerprint density at radius 1 is 1.00 bits per heavy atom. The van der Waals surface area contributed by atoms with E-state index in [-0.39, 0.29) is 5.56 Å². The summed E-state index contributed by atoms with van der Waals surface area (Å²) in [7, 11) is 3.08. The molecule has 1 amide bonds. The number of methoxy groups -OCH3 is 2. The van der Waals surface area contributed by atoms with Crippen molar-refractivity contribution in [2.24, 2.45) is 0 Å². The molecule has 4 aromatic rings. The minimum atomic E-state index is -0.408. The fourth-order valence-electron chi connectivity index (χ4n) is 2.60. The van der Waals surface area contributed by atoms with Gasteiger partial charge < -0.3 is 19.5 Å². The van der Waals surface area contributed by atoms with Gasteiger partial charge in [0.2, 0.25) is 0 Å². The van der Waals surface area contributed by atoms with Crippen LogP contribution in [-0.4, -0.2) is 44.7 Å². The third kappa shape index (κ3) is 3.90. The minimum absolute atomic E-state index is 0.272. The Balaban J connectivity index is 1.64. The van der Waals surface area contributed by atoms with Crippen LogP contribution in [0.4, 0.5) is 5.82 Å². The fraction of sp³-hybridized carbons (Fsp3) is 0.105. The Hall–Kier alpha value is -4.21. The van der Waals surface area contributed by atoms with Crippen molar-refractivity contribution in [3.05, 3.63) is 60.9 Å². The number of rotatable bonds is 6. The number of ether oxygens (including phenoxy) is 3. The van der Waals surface area contributed by atoms with E-state index < -0.39 is 5.91 Å². The van der Waals surface area contributed by atoms with Crippen molar-refractivity contribution in [3.8, 4) is 23.0 Å². The first-order valence-electron chi connectivity index (χ1n) is 8.48. The van der Waals surface area contributed by atoms with E-state index in [0.29, 0.717) is 34.5 Å². The van der Waals surface area contributed by atoms with Crippen LogP contribution in [0, 0.1) is 0 Å². The lowest BCUT2D eigenvalue weighted by Gasteiger charge is -2.10. The molecule has 0 atom stereocenters. The normalized spacial score (nSPS) is 10.6. The maximum atomic E-state index is 12.8. The second kappa shape index (κ2) is 7.80. The van der Waals surface area contributed by atoms with E-state index in [2.05, 4.69) is 25.5 Å². The molecule has 10 nitrogen and oxygen atoms in total. The molecule has 146 valence electrons. The maximum Gasteiger partial charge on any atom is 0.260 e. The first-order chi connectivity index (χ1) is 14.2. The SMILES string of the molecule is COc1ccc(NC(=O)c2cc(Oc3cncc(OC)c3)cn3cnnc23)nc1. The van der Waals surface area contributed by atoms with Crippen LogP contribution >= 0.6 is 0 Å². The molecule has 29 heavy (non-hydrogen) atoms. The van der Waals surface area contributed by atoms with Gasteiger partial charge in [-0.1, -0.05) is 0 Å². The van der Waals surface area contributed by atoms with Gasteiger partial charge >= 0.3 is 0 Å². The first kappa shape index (κ1) is 18.2. The predicted molar refractivity (Wildman–Crippen MR) is 103 cm³/mol. The van der Waals surface area contributed by atoms with Gasteiger partial charge in [0.1, 0.15) is 35.1 Å². The molecule has 4 heterocycles. The average Bonchev–Trinajstić information content (AvgIpc) is 3.22. The molecule has 0 unspecified atom stereocenters. The second-order valence-corrected chi connectivity index (χ2v) is 5.85. The van der Waals surface area contributed by atoms with Gasteiger partial charge in [0.25, 0.3) is 5.91 Å². The monoisotopic (exact) mass is 392 g/mol. The zero-order valence-corrected chi connectivity index (χ0v) is 15.6. The Morgan fingerprint density at radius 3 is 2.59 bits per heavy atom. The van der Waals surface area contributed by atoms with Crippen molar-refractivity contribution in [3.63, 3.8) is 0 Å². The van der Waals surface area contributed by atoms with Crippen LogP contribution in [0.5, 0.6) is 23.0 Å². The van der Waals surface area contributed by atoms with E-state index in [0.717, 1.165) is 0 Å². The molecule has 4 aromatic heterocycles. The van der Waals surface area contributed by atoms with Gasteiger partial charge in [-0.2, -0.15) is 0 Å². The van der Waals surface area contributed by atoms with E-state index in [1.807, 2.05) is 0 Å². The molecule has 4 rings (SSSR count). The topological polar surface area (TPSA) is 113 Å². The molecule has 0 aromatic carbocycles. The Kier molecular flexibility index (Phi) is 4.89. The van der Waals surface area contributed by atoms with Crippen molar-refractivity contribution in [1.29, 1.82) is 0 Å². The molecular weight excluding hydrogens is 376 g/mol. The molecule has 0 saturated carbocycles. The second-order valence-electron chi connectivity index (χ2n) is 5.85. The highest BCUT2D eigenvalue weighted by molar-refractivity contribution is 6.08. The van der Waals surface area contributed by atoms with Gasteiger partial charge in [0.15, 0.2) is 5.65 Å². The van der Waals surface area contributed by atoms with Gasteiger partial charge in [0.05, 0.1) is 44.6 Å². The molecule has 0 aliphatic rings. The summed E-state index contributed by atoms with van der Waals surface area (Å²) in [6.45, 7) is 0. The maximum absolute atomic E-state index is 12.8. The van der Waals surface area contributed by atoms with Crippen LogP contribution < -0.4 is 19.5 Å². The highest BCUT2D eigenvalue weighted by atomic mass is 16.5. The summed E-state index contributed by atoms with van der Waals surface area (Å²) in [6.07, 6.45) is 7.76. The first-order valence-corrected chi connectivity index (χ1v) is 8.48. The summed E-state index contributed by atoms with van der Waals surface area (Å²) < 4.78 is 17.7. The van der Waals surface area contributed by atoms with Gasteiger partial charge in [-0.05, 0) is 18.2 Å². The fourth-order valence-corrected chi connectivity index (χ4v) is 2.60. The number of carbonyl (C=O) groups excluding carboxylic acids is 1. The van der Waals surface area contributed by atoms with E-state index in [1.165, 1.54) is 12.5 Å². The standard InChI is InChI=1S/C19H16N6O4/c1-27-12-3-4-17(21-9-12)23-19(26)16-6-15(10-25-11-22-24-18(16)25)29-14-5-13(28-2)7-20-8-14/h3-11H,1-2H3,(H,21,23,26). The summed E-state index contributed by atoms with van der Waals surface area (Å²) in [5, 5.41) is 10.6. The smallest absolute Gasteiger partial charge is 0.260 e. The van der Waals surface area contributed by atoms with Gasteiger partial charge in [-0.25, -0.2) is 4.98 Å². The van der Waals surface area contributed by atoms with Crippen LogP contribution in [0.2, 0.25) is 0 Å². The zero-order chi connectivity index (χ0) is 20.2. The molecule has 1 N–H and O–H groups in total. The van der Waals surface area contributed by atoms with E-state index in [4.69, 9.17) is 14.2 Å². The molecule has 0 bridgehead atoms. The quantitative estimate of drug-likeness (QED) is 0.533. The predicted octanol–water partition coefficient (Wildman–Crippen LogP) is 2.58. The molecule has 0 aliphatic heterocycles. The Bertz CT molecular complexity index is 1160. The molecule has 0 radical (unpaired) electrons. The van der Waals surface area contributed by atoms with Crippen LogP contribution in [-0.2, 0) is 0 Å². The van der Waals surface area contributed by atoms with Crippen molar-refractivity contribution in [2.75, 3.05) is 19.5 Å². The number of hydrogen-bond acceptors (Lipinski definition) is 8. The number of anilines is 1. The average molecular weight is 392 g/mol. The highest BCUT2D eigenvalue weighted by Gasteiger charge is 2.16. The largest absolute Gasteiger partial charge is 0.495 e. The number of nitrogens with one attached hydrogen (secondary N) is 1. The number of aromatic nitrogens is 5. The van der Waals surface area contributed by atoms with Crippen LogP contribution in [0.3, 0.4) is 0 Å². The number of hydrogen-bond donors (Lipinski definition) is 1. The van der Waals surface area contributed by atoms with E-state index >= 15 is 0 Å². The number of carbonyl (C=O) groups is 1. The number of fused-ring (bicyclic) bond motifs is 1. The van der Waals surface area contributed by atoms with Gasteiger partial charge in [-0.3, -0.25) is 14.2 Å². The molecular formula is C19H16N6O4. The Morgan fingerprint density at radius 2 is 1.83 bits per heavy atom. The molecule has 0 fully saturated rings. The number of nitrogens with zero attached hydrogens (tertiary/aromatic N) is 5. The van der Waals surface area contributed by atoms with Crippen molar-refractivity contribution in [2.45, 2.75) is 0 Å². The zero-order valence-electron chi connectivity index (χ0n) is 15.6. The lowest BCUT2D eigenvalue weighted by atomic mass is 10.2. The molecule has 0 saturated heterocycles. The Labute approximate surface area is 165 Å². The van der Waals surface area contributed by atoms with Crippen molar-refractivity contribution >= 4 is 17.4 Å². The third-order valence-electron chi connectivity index (χ3n) is 3.98. The van der Waals surface area contributed by atoms with Crippen LogP contribution in [0.1, 0.15) is 10.4 Å². The summed E-state index contributed by atoms with van der Waals surface area (Å²) >= 11 is 0. The van der Waals surface area contributed by atoms with Gasteiger partial charge in [-0.15, -0.1) is 10.2 Å². The summed E-state index contributed by atoms with van der Waals surface area (Å²) in [4.78, 5) is 21.0. The van der Waals surface area contributed by atoms with Crippen LogP contribution in [0.25, 0.3) is 5.65 Å². The third-order valence-corrected chi connectivity index (χ3v) is 3.98. The number of pyridine rings is 3. The van der Waals surface area contributed by atoms with E-state index in [1.54, 1.807) is 61.5 Å². The van der Waals surface area contributed by atoms with Crippen molar-refractivity contribution < 1.29 is 19.0 Å². The van der Waals surface area contributed by atoms with Gasteiger partial charge in [0, 0.05) is 6.07 Å².